The van der Waals surface area contributed by atoms with E-state index in [-0.39, 0.29) is 12.4 Å². The fourth-order valence-corrected chi connectivity index (χ4v) is 0.773. The van der Waals surface area contributed by atoms with Crippen molar-refractivity contribution < 1.29 is 0 Å². The summed E-state index contributed by atoms with van der Waals surface area (Å²) in [6.07, 6.45) is 4.54. The summed E-state index contributed by atoms with van der Waals surface area (Å²) in [5, 5.41) is 0. The van der Waals surface area contributed by atoms with E-state index in [0.717, 1.165) is 6.42 Å². The molecule has 0 amide bonds. The third-order valence-electron chi connectivity index (χ3n) is 1.32. The molecule has 1 rings (SSSR count). The van der Waals surface area contributed by atoms with Gasteiger partial charge in [-0.15, -0.1) is 12.4 Å². The van der Waals surface area contributed by atoms with Gasteiger partial charge in [0.25, 0.3) is 0 Å². The number of hydrogen-bond acceptors (Lipinski definition) is 2. The van der Waals surface area contributed by atoms with E-state index in [4.69, 9.17) is 5.73 Å². The van der Waals surface area contributed by atoms with Crippen LogP contribution in [0.15, 0.2) is 12.5 Å². The Morgan fingerprint density at radius 1 is 1.70 bits per heavy atom. The van der Waals surface area contributed by atoms with E-state index in [2.05, 4.69) is 4.98 Å². The van der Waals surface area contributed by atoms with Gasteiger partial charge in [-0.1, -0.05) is 0 Å². The van der Waals surface area contributed by atoms with Gasteiger partial charge in [0.1, 0.15) is 0 Å². The Morgan fingerprint density at radius 3 is 2.80 bits per heavy atom. The number of nitrogens with two attached hydrogens (primary N) is 1. The van der Waals surface area contributed by atoms with Crippen LogP contribution in [-0.4, -0.2) is 16.1 Å². The number of nitrogens with zero attached hydrogens (tertiary/aromatic N) is 2. The minimum absolute atomic E-state index is 0. The van der Waals surface area contributed by atoms with Crippen molar-refractivity contribution in [1.29, 1.82) is 0 Å². The second-order valence-corrected chi connectivity index (χ2v) is 2.03. The molecule has 0 aliphatic heterocycles. The minimum Gasteiger partial charge on any atom is -0.338 e. The Labute approximate surface area is 66.7 Å². The number of aromatic nitrogens is 2. The maximum Gasteiger partial charge on any atom is 0.0945 e. The lowest BCUT2D eigenvalue weighted by atomic mass is 10.3. The van der Waals surface area contributed by atoms with E-state index < -0.39 is 0 Å². The molecule has 0 aliphatic rings. The normalized spacial score (nSPS) is 9.00. The van der Waals surface area contributed by atoms with Crippen molar-refractivity contribution in [2.75, 3.05) is 6.54 Å². The van der Waals surface area contributed by atoms with Gasteiger partial charge in [-0.05, 0) is 6.54 Å². The molecule has 0 unspecified atom stereocenters. The number of hydrogen-bond donors (Lipinski definition) is 1. The van der Waals surface area contributed by atoms with E-state index >= 15 is 0 Å². The molecule has 2 N–H and O–H groups in total. The van der Waals surface area contributed by atoms with Crippen molar-refractivity contribution in [2.45, 2.75) is 6.42 Å². The van der Waals surface area contributed by atoms with Crippen LogP contribution in [0.5, 0.6) is 0 Å². The second-order valence-electron chi connectivity index (χ2n) is 2.03. The quantitative estimate of drug-likeness (QED) is 0.680. The lowest BCUT2D eigenvalue weighted by molar-refractivity contribution is 0.804. The van der Waals surface area contributed by atoms with Crippen LogP contribution in [0.3, 0.4) is 0 Å². The van der Waals surface area contributed by atoms with Gasteiger partial charge in [-0.3, -0.25) is 0 Å². The van der Waals surface area contributed by atoms with E-state index in [1.165, 1.54) is 5.69 Å². The molecule has 0 spiro atoms. The summed E-state index contributed by atoms with van der Waals surface area (Å²) < 4.78 is 1.98. The van der Waals surface area contributed by atoms with Crippen LogP contribution in [0, 0.1) is 0 Å². The fraction of sp³-hybridized carbons (Fsp3) is 0.500. The molecule has 0 saturated heterocycles. The number of rotatable bonds is 2. The third kappa shape index (κ3) is 2.01. The van der Waals surface area contributed by atoms with Gasteiger partial charge >= 0.3 is 0 Å². The van der Waals surface area contributed by atoms with Crippen LogP contribution < -0.4 is 5.73 Å². The van der Waals surface area contributed by atoms with Gasteiger partial charge in [0.2, 0.25) is 0 Å². The molecule has 0 fully saturated rings. The van der Waals surface area contributed by atoms with E-state index in [0.29, 0.717) is 6.54 Å². The molecule has 0 saturated carbocycles. The van der Waals surface area contributed by atoms with Crippen molar-refractivity contribution in [1.82, 2.24) is 9.55 Å². The molecule has 3 nitrogen and oxygen atoms in total. The summed E-state index contributed by atoms with van der Waals surface area (Å²) in [5.41, 5.74) is 6.54. The Morgan fingerprint density at radius 2 is 2.40 bits per heavy atom. The zero-order chi connectivity index (χ0) is 6.69. The summed E-state index contributed by atoms with van der Waals surface area (Å²) in [7, 11) is 1.97. The maximum atomic E-state index is 5.35. The van der Waals surface area contributed by atoms with Crippen LogP contribution in [0.1, 0.15) is 5.69 Å². The van der Waals surface area contributed by atoms with E-state index in [1.54, 1.807) is 6.33 Å². The molecule has 1 aromatic heterocycles. The molecule has 1 heterocycles. The zero-order valence-electron chi connectivity index (χ0n) is 5.95. The first-order valence-electron chi connectivity index (χ1n) is 3.00. The van der Waals surface area contributed by atoms with Crippen LogP contribution in [-0.2, 0) is 13.5 Å². The minimum atomic E-state index is 0. The first-order chi connectivity index (χ1) is 4.34. The average molecular weight is 162 g/mol. The highest BCUT2D eigenvalue weighted by Gasteiger charge is 1.93. The predicted octanol–water partition coefficient (Wildman–Crippen LogP) is 0.343. The van der Waals surface area contributed by atoms with Crippen LogP contribution in [0.4, 0.5) is 0 Å². The third-order valence-corrected chi connectivity index (χ3v) is 1.32. The SMILES string of the molecule is Cl.Cn1cncc1CCN. The Balaban J connectivity index is 0.000000810. The second kappa shape index (κ2) is 4.30. The highest BCUT2D eigenvalue weighted by atomic mass is 35.5. The lowest BCUT2D eigenvalue weighted by Crippen LogP contribution is -2.05. The number of aryl methyl sites for hydroxylation is 1. The smallest absolute Gasteiger partial charge is 0.0945 e. The molecule has 0 aliphatic carbocycles. The van der Waals surface area contributed by atoms with Gasteiger partial charge in [0.05, 0.1) is 6.33 Å². The molecule has 4 heteroatoms. The van der Waals surface area contributed by atoms with Crippen molar-refractivity contribution in [3.8, 4) is 0 Å². The Hall–Kier alpha value is -0.540. The van der Waals surface area contributed by atoms with Crippen molar-refractivity contribution in [2.24, 2.45) is 12.8 Å². The molecule has 10 heavy (non-hydrogen) atoms. The van der Waals surface area contributed by atoms with Crippen molar-refractivity contribution in [3.63, 3.8) is 0 Å². The Kier molecular flexibility index (Phi) is 4.07. The highest BCUT2D eigenvalue weighted by Crippen LogP contribution is 1.94. The Bertz CT molecular complexity index is 185. The summed E-state index contributed by atoms with van der Waals surface area (Å²) in [6, 6.07) is 0. The summed E-state index contributed by atoms with van der Waals surface area (Å²) in [5.74, 6) is 0. The topological polar surface area (TPSA) is 43.8 Å². The van der Waals surface area contributed by atoms with Gasteiger partial charge in [0, 0.05) is 25.4 Å². The fourth-order valence-electron chi connectivity index (χ4n) is 0.773. The summed E-state index contributed by atoms with van der Waals surface area (Å²) in [4.78, 5) is 3.95. The molecule has 0 bridgehead atoms. The van der Waals surface area contributed by atoms with Gasteiger partial charge in [-0.2, -0.15) is 0 Å². The lowest BCUT2D eigenvalue weighted by Gasteiger charge is -1.96. The predicted molar refractivity (Wildman–Crippen MR) is 43.2 cm³/mol. The number of halogens is 1. The molecular formula is C6H12ClN3. The molecular weight excluding hydrogens is 150 g/mol. The van der Waals surface area contributed by atoms with E-state index in [1.807, 2.05) is 17.8 Å². The standard InChI is InChI=1S/C6H11N3.ClH/c1-9-5-8-4-6(9)2-3-7;/h4-5H,2-3,7H2,1H3;1H. The van der Waals surface area contributed by atoms with E-state index in [9.17, 15) is 0 Å². The number of imidazole rings is 1. The first-order valence-corrected chi connectivity index (χ1v) is 3.00. The van der Waals surface area contributed by atoms with Gasteiger partial charge in [0.15, 0.2) is 0 Å². The summed E-state index contributed by atoms with van der Waals surface area (Å²) in [6.45, 7) is 0.694. The molecule has 0 radical (unpaired) electrons. The average Bonchev–Trinajstić information content (AvgIpc) is 2.18. The van der Waals surface area contributed by atoms with Gasteiger partial charge < -0.3 is 10.3 Å². The monoisotopic (exact) mass is 161 g/mol. The maximum absolute atomic E-state index is 5.35. The largest absolute Gasteiger partial charge is 0.338 e. The van der Waals surface area contributed by atoms with Crippen molar-refractivity contribution in [3.05, 3.63) is 18.2 Å². The van der Waals surface area contributed by atoms with Crippen molar-refractivity contribution >= 4 is 12.4 Å². The molecule has 58 valence electrons. The summed E-state index contributed by atoms with van der Waals surface area (Å²) >= 11 is 0. The van der Waals surface area contributed by atoms with Gasteiger partial charge in [-0.25, -0.2) is 4.98 Å². The van der Waals surface area contributed by atoms with Crippen LogP contribution >= 0.6 is 12.4 Å². The van der Waals surface area contributed by atoms with Crippen LogP contribution in [0.2, 0.25) is 0 Å². The zero-order valence-corrected chi connectivity index (χ0v) is 6.77. The molecule has 0 aromatic carbocycles. The first kappa shape index (κ1) is 9.46. The van der Waals surface area contributed by atoms with Crippen LogP contribution in [0.25, 0.3) is 0 Å². The molecule has 0 atom stereocenters. The molecule has 1 aromatic rings. The highest BCUT2D eigenvalue weighted by molar-refractivity contribution is 5.85.